The molecule has 0 aliphatic rings. The van der Waals surface area contributed by atoms with Crippen LogP contribution in [0.5, 0.6) is 0 Å². The fourth-order valence-corrected chi connectivity index (χ4v) is 2.07. The summed E-state index contributed by atoms with van der Waals surface area (Å²) < 4.78 is 1.12. The fraction of sp³-hybridized carbons (Fsp3) is 0.941. The molecule has 0 amide bonds. The molecule has 122 valence electrons. The molecule has 0 saturated carbocycles. The van der Waals surface area contributed by atoms with Gasteiger partial charge in [0.1, 0.15) is 0 Å². The third-order valence-electron chi connectivity index (χ3n) is 3.18. The molecule has 0 atom stereocenters. The Hall–Kier alpha value is -0.570. The van der Waals surface area contributed by atoms with Gasteiger partial charge in [-0.3, -0.25) is 4.79 Å². The molecule has 0 aliphatic carbocycles. The van der Waals surface area contributed by atoms with Gasteiger partial charge in [0.2, 0.25) is 0 Å². The highest BCUT2D eigenvalue weighted by Gasteiger charge is 2.04. The van der Waals surface area contributed by atoms with Gasteiger partial charge in [0.15, 0.2) is 0 Å². The predicted octanol–water partition coefficient (Wildman–Crippen LogP) is 4.70. The van der Waals surface area contributed by atoms with Gasteiger partial charge in [-0.2, -0.15) is 0 Å². The van der Waals surface area contributed by atoms with Crippen LogP contribution in [0.3, 0.4) is 0 Å². The first-order chi connectivity index (χ1) is 9.29. The monoisotopic (exact) mass is 288 g/mol. The molecule has 3 heteroatoms. The smallest absolute Gasteiger partial charge is 0.300 e. The largest absolute Gasteiger partial charge is 0.481 e. The first-order valence-corrected chi connectivity index (χ1v) is 8.29. The van der Waals surface area contributed by atoms with E-state index in [1.807, 2.05) is 0 Å². The summed E-state index contributed by atoms with van der Waals surface area (Å²) in [6.07, 6.45) is 14.4. The summed E-state index contributed by atoms with van der Waals surface area (Å²) in [6.45, 7) is 4.70. The highest BCUT2D eigenvalue weighted by molar-refractivity contribution is 5.62. The van der Waals surface area contributed by atoms with Gasteiger partial charge in [-0.1, -0.05) is 58.3 Å². The maximum absolute atomic E-state index is 9.00. The number of quaternary nitrogens is 1. The zero-order valence-corrected chi connectivity index (χ0v) is 14.6. The number of nitrogens with zero attached hydrogens (tertiary/aromatic N) is 1. The number of hydrogen-bond acceptors (Lipinski definition) is 1. The predicted molar refractivity (Wildman–Crippen MR) is 88.1 cm³/mol. The number of carboxylic acids is 1. The van der Waals surface area contributed by atoms with Gasteiger partial charge in [-0.05, 0) is 12.8 Å². The van der Waals surface area contributed by atoms with Crippen molar-refractivity contribution in [2.75, 3.05) is 27.7 Å². The first-order valence-electron chi connectivity index (χ1n) is 8.29. The van der Waals surface area contributed by atoms with Gasteiger partial charge in [0.05, 0.1) is 27.7 Å². The van der Waals surface area contributed by atoms with Crippen molar-refractivity contribution in [2.24, 2.45) is 0 Å². The summed E-state index contributed by atoms with van der Waals surface area (Å²) in [7, 11) is 6.86. The van der Waals surface area contributed by atoms with E-state index in [0.29, 0.717) is 0 Å². The standard InChI is InChI=1S/C15H34N.C2H4O2/c1-5-6-7-8-9-10-11-12-13-14-15-16(2,3)4;1-2(3)4/h5-15H2,1-4H3;1H3,(H,3,4)/q+1;. The summed E-state index contributed by atoms with van der Waals surface area (Å²) in [5, 5.41) is 7.42. The quantitative estimate of drug-likeness (QED) is 0.442. The molecule has 1 N–H and O–H groups in total. The van der Waals surface area contributed by atoms with Crippen molar-refractivity contribution in [3.63, 3.8) is 0 Å². The molecule has 0 aromatic carbocycles. The van der Waals surface area contributed by atoms with Crippen molar-refractivity contribution in [1.29, 1.82) is 0 Å². The number of aliphatic carboxylic acids is 1. The normalized spacial score (nSPS) is 10.8. The molecule has 0 fully saturated rings. The van der Waals surface area contributed by atoms with Crippen LogP contribution in [0.25, 0.3) is 0 Å². The molecule has 0 spiro atoms. The van der Waals surface area contributed by atoms with E-state index in [0.717, 1.165) is 11.4 Å². The van der Waals surface area contributed by atoms with Crippen molar-refractivity contribution in [2.45, 2.75) is 78.1 Å². The average Bonchev–Trinajstić information content (AvgIpc) is 2.29. The Morgan fingerprint density at radius 2 is 1.10 bits per heavy atom. The van der Waals surface area contributed by atoms with E-state index in [4.69, 9.17) is 9.90 Å². The lowest BCUT2D eigenvalue weighted by Gasteiger charge is -2.23. The summed E-state index contributed by atoms with van der Waals surface area (Å²) in [6, 6.07) is 0. The van der Waals surface area contributed by atoms with Gasteiger partial charge in [-0.15, -0.1) is 0 Å². The lowest BCUT2D eigenvalue weighted by atomic mass is 10.1. The van der Waals surface area contributed by atoms with E-state index in [-0.39, 0.29) is 0 Å². The topological polar surface area (TPSA) is 37.3 Å². The number of unbranched alkanes of at least 4 members (excludes halogenated alkanes) is 9. The van der Waals surface area contributed by atoms with Crippen molar-refractivity contribution < 1.29 is 14.4 Å². The second-order valence-electron chi connectivity index (χ2n) is 6.71. The van der Waals surface area contributed by atoms with Gasteiger partial charge in [-0.25, -0.2) is 0 Å². The van der Waals surface area contributed by atoms with Crippen LogP contribution in [0.4, 0.5) is 0 Å². The number of carboxylic acid groups (broad SMARTS) is 1. The summed E-state index contributed by atoms with van der Waals surface area (Å²) in [5.74, 6) is -0.833. The zero-order valence-electron chi connectivity index (χ0n) is 14.6. The SMILES string of the molecule is CC(=O)O.CCCCCCCCCCCC[N+](C)(C)C. The Morgan fingerprint density at radius 1 is 0.800 bits per heavy atom. The van der Waals surface area contributed by atoms with E-state index >= 15 is 0 Å². The molecule has 0 rings (SSSR count). The molecule has 0 aromatic rings. The van der Waals surface area contributed by atoms with Crippen LogP contribution < -0.4 is 0 Å². The molecular formula is C17H38NO2+. The summed E-state index contributed by atoms with van der Waals surface area (Å²) in [4.78, 5) is 9.00. The molecule has 0 aromatic heterocycles. The van der Waals surface area contributed by atoms with Crippen LogP contribution in [-0.2, 0) is 4.79 Å². The Labute approximate surface area is 127 Å². The highest BCUT2D eigenvalue weighted by atomic mass is 16.4. The summed E-state index contributed by atoms with van der Waals surface area (Å²) in [5.41, 5.74) is 0. The van der Waals surface area contributed by atoms with Crippen molar-refractivity contribution >= 4 is 5.97 Å². The highest BCUT2D eigenvalue weighted by Crippen LogP contribution is 2.10. The van der Waals surface area contributed by atoms with E-state index < -0.39 is 5.97 Å². The molecule has 0 bridgehead atoms. The Morgan fingerprint density at radius 3 is 1.40 bits per heavy atom. The molecule has 0 aliphatic heterocycles. The van der Waals surface area contributed by atoms with E-state index in [9.17, 15) is 0 Å². The number of carbonyl (C=O) groups is 1. The molecule has 0 radical (unpaired) electrons. The second-order valence-corrected chi connectivity index (χ2v) is 6.71. The fourth-order valence-electron chi connectivity index (χ4n) is 2.07. The lowest BCUT2D eigenvalue weighted by molar-refractivity contribution is -0.870. The van der Waals surface area contributed by atoms with E-state index in [1.165, 1.54) is 70.8 Å². The molecule has 0 heterocycles. The van der Waals surface area contributed by atoms with Gasteiger partial charge in [0, 0.05) is 6.92 Å². The zero-order chi connectivity index (χ0) is 15.9. The minimum Gasteiger partial charge on any atom is -0.481 e. The molecule has 0 saturated heterocycles. The minimum atomic E-state index is -0.833. The first kappa shape index (κ1) is 21.7. The van der Waals surface area contributed by atoms with Crippen LogP contribution in [0.2, 0.25) is 0 Å². The number of rotatable bonds is 11. The Balaban J connectivity index is 0. The molecular weight excluding hydrogens is 250 g/mol. The van der Waals surface area contributed by atoms with Gasteiger partial charge < -0.3 is 9.59 Å². The van der Waals surface area contributed by atoms with Gasteiger partial charge >= 0.3 is 0 Å². The van der Waals surface area contributed by atoms with E-state index in [1.54, 1.807) is 0 Å². The number of hydrogen-bond donors (Lipinski definition) is 1. The molecule has 3 nitrogen and oxygen atoms in total. The Kier molecular flexibility index (Phi) is 16.1. The van der Waals surface area contributed by atoms with Crippen LogP contribution in [0.1, 0.15) is 78.1 Å². The second kappa shape index (κ2) is 14.8. The van der Waals surface area contributed by atoms with Crippen LogP contribution >= 0.6 is 0 Å². The Bertz CT molecular complexity index is 206. The lowest BCUT2D eigenvalue weighted by Crippen LogP contribution is -2.35. The molecule has 0 unspecified atom stereocenters. The van der Waals surface area contributed by atoms with E-state index in [2.05, 4.69) is 28.1 Å². The summed E-state index contributed by atoms with van der Waals surface area (Å²) >= 11 is 0. The van der Waals surface area contributed by atoms with Crippen molar-refractivity contribution in [1.82, 2.24) is 0 Å². The third-order valence-corrected chi connectivity index (χ3v) is 3.18. The third kappa shape index (κ3) is 30.5. The van der Waals surface area contributed by atoms with Crippen LogP contribution in [-0.4, -0.2) is 43.2 Å². The maximum atomic E-state index is 9.00. The van der Waals surface area contributed by atoms with Gasteiger partial charge in [0.25, 0.3) is 5.97 Å². The minimum absolute atomic E-state index is 0.833. The average molecular weight is 288 g/mol. The maximum Gasteiger partial charge on any atom is 0.300 e. The van der Waals surface area contributed by atoms with Crippen molar-refractivity contribution in [3.8, 4) is 0 Å². The molecule has 20 heavy (non-hydrogen) atoms. The van der Waals surface area contributed by atoms with Crippen LogP contribution in [0.15, 0.2) is 0 Å². The van der Waals surface area contributed by atoms with Crippen LogP contribution in [0, 0.1) is 0 Å². The van der Waals surface area contributed by atoms with Crippen molar-refractivity contribution in [3.05, 3.63) is 0 Å².